The summed E-state index contributed by atoms with van der Waals surface area (Å²) in [7, 11) is 4.04. The van der Waals surface area contributed by atoms with Gasteiger partial charge in [0.15, 0.2) is 16.7 Å². The van der Waals surface area contributed by atoms with Crippen molar-refractivity contribution in [3.05, 3.63) is 36.1 Å². The quantitative estimate of drug-likeness (QED) is 0.658. The van der Waals surface area contributed by atoms with Crippen LogP contribution in [0.3, 0.4) is 0 Å². The van der Waals surface area contributed by atoms with Crippen molar-refractivity contribution in [3.63, 3.8) is 0 Å². The van der Waals surface area contributed by atoms with Gasteiger partial charge in [-0.15, -0.1) is 12.4 Å². The first-order chi connectivity index (χ1) is 12.2. The highest BCUT2D eigenvalue weighted by Gasteiger charge is 2.26. The third-order valence-electron chi connectivity index (χ3n) is 4.24. The molecule has 26 heavy (non-hydrogen) atoms. The van der Waals surface area contributed by atoms with Crippen LogP contribution in [0.4, 0.5) is 0 Å². The Hall–Kier alpha value is -1.81. The summed E-state index contributed by atoms with van der Waals surface area (Å²) < 4.78 is 13.2. The summed E-state index contributed by atoms with van der Waals surface area (Å²) in [6, 6.07) is 3.93. The molecule has 0 aromatic carbocycles. The monoisotopic (exact) mass is 396 g/mol. The molecule has 1 unspecified atom stereocenters. The zero-order valence-corrected chi connectivity index (χ0v) is 16.2. The van der Waals surface area contributed by atoms with Gasteiger partial charge in [-0.05, 0) is 19.2 Å². The molecule has 0 saturated carbocycles. The topological polar surface area (TPSA) is 85.1 Å². The molecule has 1 fully saturated rings. The van der Waals surface area contributed by atoms with E-state index in [0.717, 1.165) is 30.6 Å². The van der Waals surface area contributed by atoms with Crippen LogP contribution in [0, 0.1) is 0 Å². The number of piperazine rings is 1. The van der Waals surface area contributed by atoms with Crippen LogP contribution in [0.5, 0.6) is 0 Å². The molecule has 8 nitrogen and oxygen atoms in total. The van der Waals surface area contributed by atoms with E-state index in [1.807, 2.05) is 29.9 Å². The second-order valence-electron chi connectivity index (χ2n) is 6.03. The minimum absolute atomic E-state index is 0. The Morgan fingerprint density at radius 1 is 1.35 bits per heavy atom. The molecule has 4 heterocycles. The number of aryl methyl sites for hydroxylation is 1. The van der Waals surface area contributed by atoms with Crippen LogP contribution in [0.15, 0.2) is 38.6 Å². The molecule has 0 radical (unpaired) electrons. The van der Waals surface area contributed by atoms with Gasteiger partial charge in [-0.2, -0.15) is 4.98 Å². The van der Waals surface area contributed by atoms with Crippen molar-refractivity contribution < 1.29 is 8.94 Å². The number of hydrogen-bond acceptors (Lipinski definition) is 8. The highest BCUT2D eigenvalue weighted by atomic mass is 35.5. The van der Waals surface area contributed by atoms with E-state index in [4.69, 9.17) is 8.94 Å². The molecule has 1 aliphatic heterocycles. The first kappa shape index (κ1) is 19.0. The molecule has 1 N–H and O–H groups in total. The van der Waals surface area contributed by atoms with Crippen LogP contribution in [-0.2, 0) is 12.8 Å². The predicted octanol–water partition coefficient (Wildman–Crippen LogP) is 2.35. The first-order valence-electron chi connectivity index (χ1n) is 8.14. The standard InChI is InChI=1S/C16H20N6O2S.ClH/c1-21-7-5-17-9-12(21)14-19-15(24-20-14)13-4-3-11(23-13)10-25-16-18-6-8-22(16)2;/h3-4,6,8,12,17H,5,7,9-10H2,1-2H3;1H. The van der Waals surface area contributed by atoms with Gasteiger partial charge in [0.1, 0.15) is 5.76 Å². The van der Waals surface area contributed by atoms with Gasteiger partial charge in [-0.25, -0.2) is 4.98 Å². The highest BCUT2D eigenvalue weighted by molar-refractivity contribution is 7.98. The Morgan fingerprint density at radius 2 is 2.23 bits per heavy atom. The third-order valence-corrected chi connectivity index (χ3v) is 5.32. The number of thioether (sulfide) groups is 1. The molecule has 1 atom stereocenters. The van der Waals surface area contributed by atoms with Crippen LogP contribution in [-0.4, -0.2) is 51.3 Å². The maximum atomic E-state index is 5.85. The fourth-order valence-corrected chi connectivity index (χ4v) is 3.59. The Kier molecular flexibility index (Phi) is 6.02. The van der Waals surface area contributed by atoms with Crippen molar-refractivity contribution in [2.75, 3.05) is 26.7 Å². The number of nitrogens with one attached hydrogen (secondary N) is 1. The Labute approximate surface area is 161 Å². The van der Waals surface area contributed by atoms with Crippen LogP contribution >= 0.6 is 24.2 Å². The number of rotatable bonds is 5. The molecule has 0 aliphatic carbocycles. The maximum absolute atomic E-state index is 5.85. The smallest absolute Gasteiger partial charge is 0.293 e. The van der Waals surface area contributed by atoms with E-state index in [-0.39, 0.29) is 18.4 Å². The van der Waals surface area contributed by atoms with Crippen molar-refractivity contribution in [1.82, 2.24) is 29.9 Å². The molecule has 3 aromatic heterocycles. The minimum Gasteiger partial charge on any atom is -0.455 e. The molecule has 4 rings (SSSR count). The lowest BCUT2D eigenvalue weighted by atomic mass is 10.2. The van der Waals surface area contributed by atoms with E-state index in [0.29, 0.717) is 23.2 Å². The average molecular weight is 397 g/mol. The van der Waals surface area contributed by atoms with E-state index in [9.17, 15) is 0 Å². The van der Waals surface area contributed by atoms with Crippen molar-refractivity contribution >= 4 is 24.2 Å². The van der Waals surface area contributed by atoms with Gasteiger partial charge >= 0.3 is 0 Å². The fourth-order valence-electron chi connectivity index (χ4n) is 2.76. The summed E-state index contributed by atoms with van der Waals surface area (Å²) in [6.45, 7) is 2.76. The van der Waals surface area contributed by atoms with Gasteiger partial charge in [0.2, 0.25) is 0 Å². The van der Waals surface area contributed by atoms with Crippen LogP contribution in [0.25, 0.3) is 11.7 Å². The highest BCUT2D eigenvalue weighted by Crippen LogP contribution is 2.27. The molecular formula is C16H21ClN6O2S. The van der Waals surface area contributed by atoms with Gasteiger partial charge in [-0.3, -0.25) is 4.90 Å². The minimum atomic E-state index is 0. The summed E-state index contributed by atoms with van der Waals surface area (Å²) >= 11 is 1.62. The van der Waals surface area contributed by atoms with Gasteiger partial charge in [0.25, 0.3) is 5.89 Å². The van der Waals surface area contributed by atoms with E-state index in [1.54, 1.807) is 18.0 Å². The predicted molar refractivity (Wildman–Crippen MR) is 100 cm³/mol. The molecule has 0 bridgehead atoms. The van der Waals surface area contributed by atoms with Crippen LogP contribution in [0.2, 0.25) is 0 Å². The zero-order valence-electron chi connectivity index (χ0n) is 14.6. The van der Waals surface area contributed by atoms with Gasteiger partial charge in [0, 0.05) is 39.1 Å². The largest absolute Gasteiger partial charge is 0.455 e. The molecule has 0 spiro atoms. The molecule has 140 valence electrons. The van der Waals surface area contributed by atoms with E-state index in [2.05, 4.69) is 32.4 Å². The lowest BCUT2D eigenvalue weighted by molar-refractivity contribution is 0.190. The van der Waals surface area contributed by atoms with Crippen molar-refractivity contribution in [3.8, 4) is 11.7 Å². The van der Waals surface area contributed by atoms with E-state index >= 15 is 0 Å². The number of aromatic nitrogens is 4. The number of likely N-dealkylation sites (N-methyl/N-ethyl adjacent to an activating group) is 1. The van der Waals surface area contributed by atoms with Crippen LogP contribution < -0.4 is 5.32 Å². The normalized spacial score (nSPS) is 18.0. The SMILES string of the molecule is CN1CCNCC1c1noc(-c2ccc(CSc3nccn3C)o2)n1.Cl. The van der Waals surface area contributed by atoms with Gasteiger partial charge in [-0.1, -0.05) is 16.9 Å². The fraction of sp³-hybridized carbons (Fsp3) is 0.438. The molecule has 3 aromatic rings. The summed E-state index contributed by atoms with van der Waals surface area (Å²) in [4.78, 5) is 11.0. The number of furan rings is 1. The van der Waals surface area contributed by atoms with Crippen molar-refractivity contribution in [2.45, 2.75) is 17.0 Å². The van der Waals surface area contributed by atoms with E-state index < -0.39 is 0 Å². The summed E-state index contributed by atoms with van der Waals surface area (Å²) in [5, 5.41) is 8.43. The van der Waals surface area contributed by atoms with Gasteiger partial charge < -0.3 is 18.8 Å². The van der Waals surface area contributed by atoms with Crippen LogP contribution in [0.1, 0.15) is 17.6 Å². The summed E-state index contributed by atoms with van der Waals surface area (Å²) in [5.41, 5.74) is 0. The molecule has 1 saturated heterocycles. The average Bonchev–Trinajstić information content (AvgIpc) is 3.34. The zero-order chi connectivity index (χ0) is 17.2. The summed E-state index contributed by atoms with van der Waals surface area (Å²) in [6.07, 6.45) is 3.71. The molecular weight excluding hydrogens is 376 g/mol. The van der Waals surface area contributed by atoms with Gasteiger partial charge in [0.05, 0.1) is 11.8 Å². The number of hydrogen-bond donors (Lipinski definition) is 1. The van der Waals surface area contributed by atoms with E-state index in [1.165, 1.54) is 0 Å². The molecule has 10 heteroatoms. The summed E-state index contributed by atoms with van der Waals surface area (Å²) in [5.74, 6) is 3.24. The van der Waals surface area contributed by atoms with Crippen molar-refractivity contribution in [2.24, 2.45) is 7.05 Å². The lowest BCUT2D eigenvalue weighted by Crippen LogP contribution is -2.44. The number of nitrogens with zero attached hydrogens (tertiary/aromatic N) is 5. The lowest BCUT2D eigenvalue weighted by Gasteiger charge is -2.30. The number of imidazole rings is 1. The Morgan fingerprint density at radius 3 is 3.00 bits per heavy atom. The maximum Gasteiger partial charge on any atom is 0.293 e. The second-order valence-corrected chi connectivity index (χ2v) is 6.98. The third kappa shape index (κ3) is 3.96. The molecule has 1 aliphatic rings. The number of halogens is 1. The van der Waals surface area contributed by atoms with Crippen molar-refractivity contribution in [1.29, 1.82) is 0 Å². The molecule has 0 amide bonds. The second kappa shape index (κ2) is 8.26. The Bertz CT molecular complexity index is 847. The first-order valence-corrected chi connectivity index (χ1v) is 9.13. The Balaban J connectivity index is 0.00000196.